The van der Waals surface area contributed by atoms with E-state index < -0.39 is 0 Å². The maximum atomic E-state index is 5.99. The molecule has 2 aromatic rings. The molecule has 0 amide bonds. The van der Waals surface area contributed by atoms with Crippen molar-refractivity contribution in [2.75, 3.05) is 11.9 Å². The number of halogens is 1. The fraction of sp³-hybridized carbons (Fsp3) is 0.333. The second-order valence-corrected chi connectivity index (χ2v) is 4.59. The molecular formula is C12H16ClN5. The highest BCUT2D eigenvalue weighted by atomic mass is 35.5. The van der Waals surface area contributed by atoms with Crippen molar-refractivity contribution in [1.82, 2.24) is 14.8 Å². The number of hydrogen-bond donors (Lipinski definition) is 1. The van der Waals surface area contributed by atoms with E-state index in [1.807, 2.05) is 43.5 Å². The first-order chi connectivity index (χ1) is 8.60. The van der Waals surface area contributed by atoms with Gasteiger partial charge in [-0.15, -0.1) is 0 Å². The van der Waals surface area contributed by atoms with E-state index in [-0.39, 0.29) is 0 Å². The number of rotatable bonds is 4. The number of aromatic nitrogens is 3. The highest BCUT2D eigenvalue weighted by molar-refractivity contribution is 6.31. The van der Waals surface area contributed by atoms with E-state index in [2.05, 4.69) is 10.1 Å². The van der Waals surface area contributed by atoms with Gasteiger partial charge >= 0.3 is 0 Å². The van der Waals surface area contributed by atoms with Crippen molar-refractivity contribution in [2.24, 2.45) is 12.8 Å². The first-order valence-electron chi connectivity index (χ1n) is 5.64. The smallest absolute Gasteiger partial charge is 0.129 e. The first kappa shape index (κ1) is 12.9. The Morgan fingerprint density at radius 2 is 2.22 bits per heavy atom. The Bertz CT molecular complexity index is 537. The molecule has 0 bridgehead atoms. The lowest BCUT2D eigenvalue weighted by Crippen LogP contribution is -2.18. The quantitative estimate of drug-likeness (QED) is 0.912. The van der Waals surface area contributed by atoms with E-state index in [1.54, 1.807) is 4.68 Å². The van der Waals surface area contributed by atoms with Gasteiger partial charge in [-0.05, 0) is 12.1 Å². The summed E-state index contributed by atoms with van der Waals surface area (Å²) in [6, 6.07) is 3.71. The SMILES string of the molecule is CN(Cc1cnn(C)c1)c1ccc(Cl)c(CN)n1. The number of aryl methyl sites for hydroxylation is 1. The minimum atomic E-state index is 0.341. The minimum Gasteiger partial charge on any atom is -0.355 e. The zero-order chi connectivity index (χ0) is 13.1. The summed E-state index contributed by atoms with van der Waals surface area (Å²) in [4.78, 5) is 6.47. The van der Waals surface area contributed by atoms with Crippen LogP contribution < -0.4 is 10.6 Å². The van der Waals surface area contributed by atoms with Gasteiger partial charge in [0.05, 0.1) is 16.9 Å². The van der Waals surface area contributed by atoms with Gasteiger partial charge in [-0.25, -0.2) is 4.98 Å². The minimum absolute atomic E-state index is 0.341. The largest absolute Gasteiger partial charge is 0.355 e. The number of nitrogens with two attached hydrogens (primary N) is 1. The summed E-state index contributed by atoms with van der Waals surface area (Å²) in [6.45, 7) is 1.08. The van der Waals surface area contributed by atoms with E-state index in [0.717, 1.165) is 17.9 Å². The van der Waals surface area contributed by atoms with E-state index >= 15 is 0 Å². The lowest BCUT2D eigenvalue weighted by atomic mass is 10.3. The Kier molecular flexibility index (Phi) is 3.84. The van der Waals surface area contributed by atoms with Crippen LogP contribution in [0.15, 0.2) is 24.5 Å². The summed E-state index contributed by atoms with van der Waals surface area (Å²) in [5.74, 6) is 0.851. The molecule has 18 heavy (non-hydrogen) atoms. The zero-order valence-electron chi connectivity index (χ0n) is 10.5. The van der Waals surface area contributed by atoms with Crippen LogP contribution in [0.3, 0.4) is 0 Å². The summed E-state index contributed by atoms with van der Waals surface area (Å²) in [6.07, 6.45) is 3.83. The predicted molar refractivity (Wildman–Crippen MR) is 72.5 cm³/mol. The van der Waals surface area contributed by atoms with Crippen LogP contribution in [-0.2, 0) is 20.1 Å². The summed E-state index contributed by atoms with van der Waals surface area (Å²) < 4.78 is 1.78. The van der Waals surface area contributed by atoms with Gasteiger partial charge in [0, 0.05) is 38.9 Å². The lowest BCUT2D eigenvalue weighted by Gasteiger charge is -2.18. The van der Waals surface area contributed by atoms with Crippen molar-refractivity contribution < 1.29 is 0 Å². The number of nitrogens with zero attached hydrogens (tertiary/aromatic N) is 4. The molecule has 0 aromatic carbocycles. The lowest BCUT2D eigenvalue weighted by molar-refractivity contribution is 0.766. The molecule has 0 aliphatic carbocycles. The molecule has 5 nitrogen and oxygen atoms in total. The fourth-order valence-corrected chi connectivity index (χ4v) is 1.92. The molecule has 2 heterocycles. The molecule has 2 N–H and O–H groups in total. The first-order valence-corrected chi connectivity index (χ1v) is 6.02. The van der Waals surface area contributed by atoms with E-state index in [9.17, 15) is 0 Å². The highest BCUT2D eigenvalue weighted by Crippen LogP contribution is 2.19. The second kappa shape index (κ2) is 5.37. The van der Waals surface area contributed by atoms with E-state index in [4.69, 9.17) is 17.3 Å². The van der Waals surface area contributed by atoms with Crippen molar-refractivity contribution in [3.05, 3.63) is 40.8 Å². The third-order valence-corrected chi connectivity index (χ3v) is 3.01. The zero-order valence-corrected chi connectivity index (χ0v) is 11.2. The maximum Gasteiger partial charge on any atom is 0.129 e. The molecule has 0 fully saturated rings. The molecule has 6 heteroatoms. The summed E-state index contributed by atoms with van der Waals surface area (Å²) in [5.41, 5.74) is 7.44. The third kappa shape index (κ3) is 2.80. The average molecular weight is 266 g/mol. The van der Waals surface area contributed by atoms with E-state index in [0.29, 0.717) is 17.3 Å². The molecule has 0 aliphatic rings. The molecule has 0 saturated heterocycles. The van der Waals surface area contributed by atoms with Crippen molar-refractivity contribution >= 4 is 17.4 Å². The maximum absolute atomic E-state index is 5.99. The molecule has 2 rings (SSSR count). The Morgan fingerprint density at radius 1 is 1.44 bits per heavy atom. The second-order valence-electron chi connectivity index (χ2n) is 4.18. The van der Waals surface area contributed by atoms with Crippen LogP contribution in [0, 0.1) is 0 Å². The number of pyridine rings is 1. The van der Waals surface area contributed by atoms with Crippen molar-refractivity contribution in [1.29, 1.82) is 0 Å². The van der Waals surface area contributed by atoms with Crippen molar-refractivity contribution in [3.63, 3.8) is 0 Å². The third-order valence-electron chi connectivity index (χ3n) is 2.67. The van der Waals surface area contributed by atoms with E-state index in [1.165, 1.54) is 0 Å². The molecule has 0 aliphatic heterocycles. The Balaban J connectivity index is 2.15. The van der Waals surface area contributed by atoms with Crippen LogP contribution in [0.25, 0.3) is 0 Å². The standard InChI is InChI=1S/C12H16ClN5/c1-17(7-9-6-15-18(2)8-9)12-4-3-10(13)11(5-14)16-12/h3-4,6,8H,5,7,14H2,1-2H3. The van der Waals surface area contributed by atoms with Crippen molar-refractivity contribution in [3.8, 4) is 0 Å². The molecule has 0 spiro atoms. The van der Waals surface area contributed by atoms with Gasteiger partial charge in [0.1, 0.15) is 5.82 Å². The van der Waals surface area contributed by atoms with Crippen LogP contribution in [0.5, 0.6) is 0 Å². The van der Waals surface area contributed by atoms with Gasteiger partial charge in [0.25, 0.3) is 0 Å². The average Bonchev–Trinajstić information content (AvgIpc) is 2.75. The summed E-state index contributed by atoms with van der Waals surface area (Å²) >= 11 is 5.99. The monoisotopic (exact) mass is 265 g/mol. The Labute approximate surface area is 111 Å². The number of hydrogen-bond acceptors (Lipinski definition) is 4. The van der Waals surface area contributed by atoms with Crippen LogP contribution in [0.1, 0.15) is 11.3 Å². The molecule has 0 saturated carbocycles. The normalized spacial score (nSPS) is 10.7. The van der Waals surface area contributed by atoms with Gasteiger partial charge in [0.2, 0.25) is 0 Å². The van der Waals surface area contributed by atoms with Crippen molar-refractivity contribution in [2.45, 2.75) is 13.1 Å². The van der Waals surface area contributed by atoms with Crippen LogP contribution in [0.4, 0.5) is 5.82 Å². The molecular weight excluding hydrogens is 250 g/mol. The van der Waals surface area contributed by atoms with Crippen LogP contribution in [0.2, 0.25) is 5.02 Å². The molecule has 0 atom stereocenters. The molecule has 2 aromatic heterocycles. The summed E-state index contributed by atoms with van der Waals surface area (Å²) in [7, 11) is 3.88. The van der Waals surface area contributed by atoms with Gasteiger partial charge < -0.3 is 10.6 Å². The van der Waals surface area contributed by atoms with Crippen LogP contribution >= 0.6 is 11.6 Å². The summed E-state index contributed by atoms with van der Waals surface area (Å²) in [5, 5.41) is 4.75. The number of anilines is 1. The predicted octanol–water partition coefficient (Wildman–Crippen LogP) is 1.56. The Hall–Kier alpha value is -1.59. The van der Waals surface area contributed by atoms with Gasteiger partial charge in [-0.2, -0.15) is 5.10 Å². The van der Waals surface area contributed by atoms with Gasteiger partial charge in [-0.1, -0.05) is 11.6 Å². The van der Waals surface area contributed by atoms with Gasteiger partial charge in [-0.3, -0.25) is 4.68 Å². The topological polar surface area (TPSA) is 60.0 Å². The van der Waals surface area contributed by atoms with Crippen LogP contribution in [-0.4, -0.2) is 21.8 Å². The molecule has 0 radical (unpaired) electrons. The Morgan fingerprint density at radius 3 is 2.83 bits per heavy atom. The molecule has 0 unspecified atom stereocenters. The fourth-order valence-electron chi connectivity index (χ4n) is 1.74. The highest BCUT2D eigenvalue weighted by Gasteiger charge is 2.08. The van der Waals surface area contributed by atoms with Gasteiger partial charge in [0.15, 0.2) is 0 Å². The molecule has 96 valence electrons.